The van der Waals surface area contributed by atoms with Crippen molar-refractivity contribution < 1.29 is 14.7 Å². The van der Waals surface area contributed by atoms with Crippen LogP contribution in [0.2, 0.25) is 0 Å². The maximum Gasteiger partial charge on any atom is 0.412 e. The van der Waals surface area contributed by atoms with E-state index in [1.807, 2.05) is 72.9 Å². The minimum atomic E-state index is -0.893. The summed E-state index contributed by atoms with van der Waals surface area (Å²) in [5.74, 6) is 0.390. The topological polar surface area (TPSA) is 65.8 Å². The smallest absolute Gasteiger partial charge is 0.412 e. The van der Waals surface area contributed by atoms with Crippen LogP contribution in [0.4, 0.5) is 10.5 Å². The summed E-state index contributed by atoms with van der Waals surface area (Å²) in [7, 11) is 0. The number of hydrogen-bond donors (Lipinski definition) is 1. The van der Waals surface area contributed by atoms with Gasteiger partial charge in [-0.15, -0.1) is 0 Å². The molecule has 3 saturated heterocycles. The van der Waals surface area contributed by atoms with Crippen LogP contribution in [0.3, 0.4) is 0 Å². The van der Waals surface area contributed by atoms with Crippen LogP contribution in [-0.2, 0) is 6.54 Å². The van der Waals surface area contributed by atoms with Gasteiger partial charge in [0.05, 0.1) is 11.7 Å². The summed E-state index contributed by atoms with van der Waals surface area (Å²) in [5.41, 5.74) is 5.40. The van der Waals surface area contributed by atoms with E-state index in [0.717, 1.165) is 72.0 Å². The number of carbonyl (C=O) groups excluding carboxylic acids is 1. The predicted octanol–water partition coefficient (Wildman–Crippen LogP) is 6.41. The summed E-state index contributed by atoms with van der Waals surface area (Å²) in [4.78, 5) is 27.9. The van der Waals surface area contributed by atoms with E-state index in [1.54, 1.807) is 4.90 Å². The maximum absolute atomic E-state index is 12.8. The average Bonchev–Trinajstić information content (AvgIpc) is 3.36. The van der Waals surface area contributed by atoms with Crippen molar-refractivity contribution in [3.05, 3.63) is 96.2 Å². The number of nitrogens with zero attached hydrogens (tertiary/aromatic N) is 3. The van der Waals surface area contributed by atoms with Crippen LogP contribution in [-0.4, -0.2) is 52.6 Å². The van der Waals surface area contributed by atoms with E-state index < -0.39 is 6.09 Å². The van der Waals surface area contributed by atoms with Gasteiger partial charge in [-0.2, -0.15) is 0 Å². The third kappa shape index (κ3) is 4.63. The van der Waals surface area contributed by atoms with Crippen LogP contribution >= 0.6 is 0 Å². The first-order valence-electron chi connectivity index (χ1n) is 13.3. The van der Waals surface area contributed by atoms with Crippen molar-refractivity contribution >= 4 is 35.0 Å². The van der Waals surface area contributed by atoms with Crippen LogP contribution < -0.4 is 4.90 Å². The molecule has 0 unspecified atom stereocenters. The second-order valence-electron chi connectivity index (χ2n) is 10.3. The van der Waals surface area contributed by atoms with Gasteiger partial charge in [-0.1, -0.05) is 54.6 Å². The van der Waals surface area contributed by atoms with E-state index in [1.165, 1.54) is 0 Å². The molecule has 38 heavy (non-hydrogen) atoms. The Balaban J connectivity index is 1.34. The Morgan fingerprint density at radius 2 is 1.76 bits per heavy atom. The number of carboxylic acid groups (broad SMARTS) is 1. The van der Waals surface area contributed by atoms with Crippen molar-refractivity contribution in [2.24, 2.45) is 5.92 Å². The molecule has 1 atom stereocenters. The molecule has 3 aliphatic heterocycles. The van der Waals surface area contributed by atoms with Crippen molar-refractivity contribution in [3.8, 4) is 11.1 Å². The first-order valence-corrected chi connectivity index (χ1v) is 13.3. The zero-order valence-electron chi connectivity index (χ0n) is 21.2. The Morgan fingerprint density at radius 3 is 2.47 bits per heavy atom. The largest absolute Gasteiger partial charge is 0.465 e. The second kappa shape index (κ2) is 10.3. The first kappa shape index (κ1) is 24.2. The van der Waals surface area contributed by atoms with E-state index in [4.69, 9.17) is 0 Å². The number of aldehydes is 1. The maximum atomic E-state index is 12.8. The average molecular weight is 506 g/mol. The van der Waals surface area contributed by atoms with Crippen molar-refractivity contribution in [1.82, 2.24) is 9.47 Å². The molecule has 6 nitrogen and oxygen atoms in total. The fraction of sp³-hybridized carbons (Fsp3) is 0.250. The summed E-state index contributed by atoms with van der Waals surface area (Å²) in [6.07, 6.45) is 8.24. The molecule has 0 saturated carbocycles. The van der Waals surface area contributed by atoms with E-state index in [9.17, 15) is 14.7 Å². The van der Waals surface area contributed by atoms with Crippen LogP contribution in [0.5, 0.6) is 0 Å². The first-order chi connectivity index (χ1) is 18.6. The van der Waals surface area contributed by atoms with E-state index >= 15 is 0 Å². The molecular weight excluding hydrogens is 474 g/mol. The zero-order chi connectivity index (χ0) is 26.1. The summed E-state index contributed by atoms with van der Waals surface area (Å²) in [5, 5.41) is 11.5. The van der Waals surface area contributed by atoms with Crippen molar-refractivity contribution in [3.63, 3.8) is 0 Å². The second-order valence-corrected chi connectivity index (χ2v) is 10.3. The highest BCUT2D eigenvalue weighted by Gasteiger charge is 2.40. The van der Waals surface area contributed by atoms with E-state index in [-0.39, 0.29) is 6.04 Å². The Kier molecular flexibility index (Phi) is 6.56. The van der Waals surface area contributed by atoms with Crippen molar-refractivity contribution in [2.45, 2.75) is 25.4 Å². The quantitative estimate of drug-likeness (QED) is 0.295. The summed E-state index contributed by atoms with van der Waals surface area (Å²) < 4.78 is 2.14. The molecule has 7 rings (SSSR count). The molecule has 192 valence electrons. The SMILES string of the molecule is O=Cc1ccc2c(ccn2CC=Cc2ccc(-c3ccccc3)c(N(C(=O)O)[C@H]3CN4CCC3CC4)c2)c1. The lowest BCUT2D eigenvalue weighted by Gasteiger charge is -2.48. The molecule has 3 aromatic carbocycles. The molecule has 1 amide bonds. The molecule has 0 spiro atoms. The monoisotopic (exact) mass is 505 g/mol. The normalized spacial score (nSPS) is 20.7. The lowest BCUT2D eigenvalue weighted by Crippen LogP contribution is -2.59. The number of amides is 1. The van der Waals surface area contributed by atoms with Gasteiger partial charge in [-0.05, 0) is 73.3 Å². The Hall–Kier alpha value is -4.16. The minimum Gasteiger partial charge on any atom is -0.465 e. The highest BCUT2D eigenvalue weighted by molar-refractivity contribution is 5.94. The number of allylic oxidation sites excluding steroid dienone is 1. The van der Waals surface area contributed by atoms with Gasteiger partial charge in [0.1, 0.15) is 6.29 Å². The van der Waals surface area contributed by atoms with Gasteiger partial charge in [0.15, 0.2) is 0 Å². The highest BCUT2D eigenvalue weighted by Crippen LogP contribution is 2.39. The minimum absolute atomic E-state index is 0.0424. The number of hydrogen-bond acceptors (Lipinski definition) is 3. The fourth-order valence-corrected chi connectivity index (χ4v) is 6.12. The molecule has 3 fully saturated rings. The predicted molar refractivity (Wildman–Crippen MR) is 152 cm³/mol. The van der Waals surface area contributed by atoms with Crippen LogP contribution in [0, 0.1) is 5.92 Å². The van der Waals surface area contributed by atoms with Crippen molar-refractivity contribution in [1.29, 1.82) is 0 Å². The molecule has 6 heteroatoms. The van der Waals surface area contributed by atoms with Gasteiger partial charge in [-0.25, -0.2) is 4.79 Å². The molecule has 3 aliphatic rings. The number of aromatic nitrogens is 1. The molecular formula is C32H31N3O3. The Bertz CT molecular complexity index is 1500. The lowest BCUT2D eigenvalue weighted by atomic mass is 9.82. The van der Waals surface area contributed by atoms with Gasteiger partial charge >= 0.3 is 6.09 Å². The van der Waals surface area contributed by atoms with E-state index in [2.05, 4.69) is 27.7 Å². The van der Waals surface area contributed by atoms with Gasteiger partial charge in [0.2, 0.25) is 0 Å². The molecule has 4 aromatic rings. The van der Waals surface area contributed by atoms with Gasteiger partial charge < -0.3 is 14.6 Å². The van der Waals surface area contributed by atoms with Gasteiger partial charge in [-0.3, -0.25) is 9.69 Å². The van der Waals surface area contributed by atoms with Crippen LogP contribution in [0.25, 0.3) is 28.1 Å². The molecule has 1 aromatic heterocycles. The molecule has 4 heterocycles. The number of benzene rings is 3. The number of piperidine rings is 3. The summed E-state index contributed by atoms with van der Waals surface area (Å²) in [6, 6.07) is 23.8. The highest BCUT2D eigenvalue weighted by atomic mass is 16.4. The fourth-order valence-electron chi connectivity index (χ4n) is 6.12. The molecule has 2 bridgehead atoms. The molecule has 1 N–H and O–H groups in total. The Labute approximate surface area is 222 Å². The van der Waals surface area contributed by atoms with Crippen molar-refractivity contribution in [2.75, 3.05) is 24.5 Å². The zero-order valence-corrected chi connectivity index (χ0v) is 21.2. The number of anilines is 1. The van der Waals surface area contributed by atoms with Gasteiger partial charge in [0, 0.05) is 41.3 Å². The molecule has 0 radical (unpaired) electrons. The van der Waals surface area contributed by atoms with Crippen LogP contribution in [0.15, 0.2) is 85.1 Å². The summed E-state index contributed by atoms with van der Waals surface area (Å²) in [6.45, 7) is 3.58. The van der Waals surface area contributed by atoms with Crippen LogP contribution in [0.1, 0.15) is 28.8 Å². The standard InChI is InChI=1S/C32H31N3O3/c36-22-24-9-11-29-27(19-24)14-18-34(29)15-4-5-23-8-10-28(25-6-2-1-3-7-25)30(20-23)35(32(37)38)31-21-33-16-12-26(31)13-17-33/h1-11,14,18-20,22,26,31H,12-13,15-17,21H2,(H,37,38)/t31-/m0/s1. The Morgan fingerprint density at radius 1 is 0.974 bits per heavy atom. The number of fused-ring (bicyclic) bond motifs is 4. The van der Waals surface area contributed by atoms with Gasteiger partial charge in [0.25, 0.3) is 0 Å². The number of carbonyl (C=O) groups is 2. The van der Waals surface area contributed by atoms with E-state index in [0.29, 0.717) is 18.0 Å². The summed E-state index contributed by atoms with van der Waals surface area (Å²) >= 11 is 0. The third-order valence-electron chi connectivity index (χ3n) is 8.07. The lowest BCUT2D eigenvalue weighted by molar-refractivity contribution is 0.0838. The molecule has 0 aliphatic carbocycles. The number of rotatable bonds is 7. The third-order valence-corrected chi connectivity index (χ3v) is 8.07.